The molecule has 0 aliphatic rings. The molecule has 0 spiro atoms. The normalized spacial score (nSPS) is 9.11. The minimum Gasteiger partial charge on any atom is -0.496 e. The predicted molar refractivity (Wildman–Crippen MR) is 74.8 cm³/mol. The van der Waals surface area contributed by atoms with Crippen molar-refractivity contribution < 1.29 is 18.9 Å². The van der Waals surface area contributed by atoms with Gasteiger partial charge < -0.3 is 18.9 Å². The van der Waals surface area contributed by atoms with Gasteiger partial charge in [-0.25, -0.2) is 0 Å². The largest absolute Gasteiger partial charge is 0.496 e. The van der Waals surface area contributed by atoms with E-state index < -0.39 is 0 Å². The first-order valence-electron chi connectivity index (χ1n) is 5.07. The fourth-order valence-electron chi connectivity index (χ4n) is 1.10. The fourth-order valence-corrected chi connectivity index (χ4v) is 2.45. The van der Waals surface area contributed by atoms with Gasteiger partial charge in [-0.15, -0.1) is 22.7 Å². The quantitative estimate of drug-likeness (QED) is 0.862. The standard InChI is InChI=1S/2C6H8O2S/c1-7-5-3-6(8-2)9-4-5;1-7-5-3-4-9-6(5)8-2/h2*3-4H,1-2H3. The highest BCUT2D eigenvalue weighted by molar-refractivity contribution is 7.12. The molecule has 2 heterocycles. The van der Waals surface area contributed by atoms with Gasteiger partial charge in [0.25, 0.3) is 0 Å². The van der Waals surface area contributed by atoms with Gasteiger partial charge in [-0.05, 0) is 11.4 Å². The van der Waals surface area contributed by atoms with Crippen molar-refractivity contribution in [2.45, 2.75) is 0 Å². The highest BCUT2D eigenvalue weighted by Gasteiger charge is 2.01. The fraction of sp³-hybridized carbons (Fsp3) is 0.333. The van der Waals surface area contributed by atoms with Gasteiger partial charge in [0.1, 0.15) is 5.75 Å². The van der Waals surface area contributed by atoms with Crippen molar-refractivity contribution in [3.05, 3.63) is 22.9 Å². The molecule has 0 atom stereocenters. The third-order valence-electron chi connectivity index (χ3n) is 1.99. The first-order valence-corrected chi connectivity index (χ1v) is 6.83. The molecule has 2 aromatic rings. The molecule has 4 nitrogen and oxygen atoms in total. The van der Waals surface area contributed by atoms with Crippen LogP contribution in [0.15, 0.2) is 22.9 Å². The van der Waals surface area contributed by atoms with Crippen molar-refractivity contribution in [2.75, 3.05) is 28.4 Å². The first kappa shape index (κ1) is 14.7. The highest BCUT2D eigenvalue weighted by Crippen LogP contribution is 2.32. The third kappa shape index (κ3) is 4.12. The summed E-state index contributed by atoms with van der Waals surface area (Å²) in [6, 6.07) is 3.73. The number of hydrogen-bond acceptors (Lipinski definition) is 6. The second kappa shape index (κ2) is 7.84. The van der Waals surface area contributed by atoms with E-state index in [2.05, 4.69) is 0 Å². The maximum absolute atomic E-state index is 4.97. The van der Waals surface area contributed by atoms with Gasteiger partial charge in [0.05, 0.1) is 28.4 Å². The Morgan fingerprint density at radius 2 is 1.67 bits per heavy atom. The molecule has 0 unspecified atom stereocenters. The number of hydrogen-bond donors (Lipinski definition) is 0. The molecule has 2 aromatic heterocycles. The number of methoxy groups -OCH3 is 4. The molecule has 0 amide bonds. The molecular formula is C12H16O4S2. The minimum absolute atomic E-state index is 0.808. The van der Waals surface area contributed by atoms with Crippen molar-refractivity contribution in [1.82, 2.24) is 0 Å². The van der Waals surface area contributed by atoms with E-state index in [1.165, 1.54) is 22.7 Å². The van der Waals surface area contributed by atoms with Crippen LogP contribution >= 0.6 is 22.7 Å². The Labute approximate surface area is 115 Å². The summed E-state index contributed by atoms with van der Waals surface area (Å²) in [5.74, 6) is 1.67. The second-order valence-corrected chi connectivity index (χ2v) is 4.74. The lowest BCUT2D eigenvalue weighted by atomic mass is 10.6. The van der Waals surface area contributed by atoms with E-state index in [1.54, 1.807) is 28.4 Å². The van der Waals surface area contributed by atoms with Crippen LogP contribution in [0.2, 0.25) is 0 Å². The van der Waals surface area contributed by atoms with Crippen LogP contribution in [0, 0.1) is 0 Å². The van der Waals surface area contributed by atoms with Crippen LogP contribution in [0.4, 0.5) is 0 Å². The van der Waals surface area contributed by atoms with Gasteiger partial charge in [0.2, 0.25) is 5.06 Å². The summed E-state index contributed by atoms with van der Waals surface area (Å²) in [7, 11) is 6.55. The monoisotopic (exact) mass is 288 g/mol. The zero-order valence-corrected chi connectivity index (χ0v) is 12.4. The van der Waals surface area contributed by atoms with Gasteiger partial charge >= 0.3 is 0 Å². The molecular weight excluding hydrogens is 272 g/mol. The molecule has 0 bridgehead atoms. The summed E-state index contributed by atoms with van der Waals surface area (Å²) >= 11 is 3.05. The summed E-state index contributed by atoms with van der Waals surface area (Å²) in [5, 5.41) is 5.54. The maximum Gasteiger partial charge on any atom is 0.216 e. The zero-order valence-electron chi connectivity index (χ0n) is 10.8. The van der Waals surface area contributed by atoms with Gasteiger partial charge in [0, 0.05) is 11.4 Å². The van der Waals surface area contributed by atoms with Crippen LogP contribution in [0.3, 0.4) is 0 Å². The van der Waals surface area contributed by atoms with Crippen molar-refractivity contribution in [3.63, 3.8) is 0 Å². The average molecular weight is 288 g/mol. The second-order valence-electron chi connectivity index (χ2n) is 2.99. The Kier molecular flexibility index (Phi) is 6.38. The summed E-state index contributed by atoms with van der Waals surface area (Å²) in [6.45, 7) is 0. The van der Waals surface area contributed by atoms with Crippen LogP contribution < -0.4 is 18.9 Å². The molecule has 0 aromatic carbocycles. The van der Waals surface area contributed by atoms with Crippen LogP contribution in [-0.4, -0.2) is 28.4 Å². The Balaban J connectivity index is 0.000000180. The van der Waals surface area contributed by atoms with Gasteiger partial charge in [0.15, 0.2) is 10.8 Å². The van der Waals surface area contributed by atoms with Crippen molar-refractivity contribution >= 4 is 22.7 Å². The Bertz CT molecular complexity index is 413. The molecule has 0 aliphatic carbocycles. The molecule has 0 aliphatic heterocycles. The molecule has 6 heteroatoms. The van der Waals surface area contributed by atoms with Crippen molar-refractivity contribution in [2.24, 2.45) is 0 Å². The number of ether oxygens (including phenoxy) is 4. The van der Waals surface area contributed by atoms with Crippen molar-refractivity contribution in [3.8, 4) is 21.6 Å². The Morgan fingerprint density at radius 1 is 0.889 bits per heavy atom. The molecule has 2 rings (SSSR count). The van der Waals surface area contributed by atoms with E-state index in [0.29, 0.717) is 0 Å². The molecule has 0 saturated heterocycles. The first-order chi connectivity index (χ1) is 8.74. The Hall–Kier alpha value is -1.40. The lowest BCUT2D eigenvalue weighted by Gasteiger charge is -1.97. The molecule has 0 fully saturated rings. The third-order valence-corrected chi connectivity index (χ3v) is 3.71. The van der Waals surface area contributed by atoms with E-state index >= 15 is 0 Å². The lowest BCUT2D eigenvalue weighted by Crippen LogP contribution is -1.83. The molecule has 18 heavy (non-hydrogen) atoms. The smallest absolute Gasteiger partial charge is 0.216 e. The van der Waals surface area contributed by atoms with Gasteiger partial charge in [-0.3, -0.25) is 0 Å². The molecule has 0 saturated carbocycles. The van der Waals surface area contributed by atoms with E-state index in [1.807, 2.05) is 22.9 Å². The van der Waals surface area contributed by atoms with Crippen LogP contribution in [0.1, 0.15) is 0 Å². The summed E-state index contributed by atoms with van der Waals surface area (Å²) < 4.78 is 19.8. The average Bonchev–Trinajstić information content (AvgIpc) is 3.07. The van der Waals surface area contributed by atoms with Crippen LogP contribution in [-0.2, 0) is 0 Å². The van der Waals surface area contributed by atoms with E-state index in [-0.39, 0.29) is 0 Å². The number of thiophene rings is 2. The maximum atomic E-state index is 4.97. The Morgan fingerprint density at radius 3 is 2.06 bits per heavy atom. The molecule has 100 valence electrons. The lowest BCUT2D eigenvalue weighted by molar-refractivity contribution is 0.364. The van der Waals surface area contributed by atoms with E-state index in [4.69, 9.17) is 18.9 Å². The molecule has 0 radical (unpaired) electrons. The van der Waals surface area contributed by atoms with Crippen molar-refractivity contribution in [1.29, 1.82) is 0 Å². The van der Waals surface area contributed by atoms with Crippen LogP contribution in [0.25, 0.3) is 0 Å². The summed E-state index contributed by atoms with van der Waals surface area (Å²) in [5.41, 5.74) is 0. The number of rotatable bonds is 4. The van der Waals surface area contributed by atoms with Gasteiger partial charge in [-0.2, -0.15) is 0 Å². The van der Waals surface area contributed by atoms with Gasteiger partial charge in [-0.1, -0.05) is 0 Å². The summed E-state index contributed by atoms with van der Waals surface area (Å²) in [6.07, 6.45) is 0. The minimum atomic E-state index is 0.808. The van der Waals surface area contributed by atoms with E-state index in [0.717, 1.165) is 21.6 Å². The SMILES string of the molecule is COc1ccsc1OC.COc1csc(OC)c1. The molecule has 0 N–H and O–H groups in total. The zero-order chi connectivity index (χ0) is 13.4. The van der Waals surface area contributed by atoms with E-state index in [9.17, 15) is 0 Å². The van der Waals surface area contributed by atoms with Crippen LogP contribution in [0.5, 0.6) is 21.6 Å². The topological polar surface area (TPSA) is 36.9 Å². The predicted octanol–water partition coefficient (Wildman–Crippen LogP) is 3.53. The highest BCUT2D eigenvalue weighted by atomic mass is 32.1. The summed E-state index contributed by atoms with van der Waals surface area (Å²) in [4.78, 5) is 0.